The molecule has 0 bridgehead atoms. The number of nitrogens with zero attached hydrogens (tertiary/aromatic N) is 2. The number of nitrogens with one attached hydrogen (secondary N) is 1. The van der Waals surface area contributed by atoms with Gasteiger partial charge >= 0.3 is 0 Å². The minimum absolute atomic E-state index is 0.0750. The lowest BCUT2D eigenvalue weighted by molar-refractivity contribution is -0.129. The van der Waals surface area contributed by atoms with Crippen LogP contribution in [0.15, 0.2) is 53.6 Å². The van der Waals surface area contributed by atoms with Crippen molar-refractivity contribution in [2.24, 2.45) is 5.10 Å². The summed E-state index contributed by atoms with van der Waals surface area (Å²) in [6, 6.07) is 13.9. The van der Waals surface area contributed by atoms with Crippen molar-refractivity contribution in [2.75, 3.05) is 18.0 Å². The highest BCUT2D eigenvalue weighted by atomic mass is 16.3. The van der Waals surface area contributed by atoms with E-state index >= 15 is 0 Å². The number of carbonyl (C=O) groups excluding carboxylic acids is 1. The first-order chi connectivity index (χ1) is 12.1. The van der Waals surface area contributed by atoms with Gasteiger partial charge < -0.3 is 15.1 Å². The van der Waals surface area contributed by atoms with Gasteiger partial charge in [-0.15, -0.1) is 0 Å². The molecule has 25 heavy (non-hydrogen) atoms. The van der Waals surface area contributed by atoms with E-state index in [0.717, 1.165) is 18.8 Å². The van der Waals surface area contributed by atoms with E-state index in [1.807, 2.05) is 19.9 Å². The highest BCUT2D eigenvalue weighted by Gasteiger charge is 2.16. The van der Waals surface area contributed by atoms with Gasteiger partial charge in [0.2, 0.25) is 0 Å². The van der Waals surface area contributed by atoms with E-state index in [2.05, 4.69) is 15.4 Å². The number of hydrazone groups is 1. The topological polar surface area (TPSA) is 85.2 Å². The van der Waals surface area contributed by atoms with Crippen LogP contribution in [-0.4, -0.2) is 35.4 Å². The fourth-order valence-corrected chi connectivity index (χ4v) is 2.44. The molecule has 0 radical (unpaired) electrons. The van der Waals surface area contributed by atoms with Gasteiger partial charge in [0.1, 0.15) is 5.75 Å². The number of phenolic OH excluding ortho intramolecular Hbond substituents is 1. The molecule has 0 saturated heterocycles. The summed E-state index contributed by atoms with van der Waals surface area (Å²) >= 11 is 0. The smallest absolute Gasteiger partial charge is 0.273 e. The van der Waals surface area contributed by atoms with Crippen LogP contribution >= 0.6 is 0 Å². The third-order valence-corrected chi connectivity index (χ3v) is 3.88. The molecule has 132 valence electrons. The molecule has 0 saturated carbocycles. The third-order valence-electron chi connectivity index (χ3n) is 3.88. The number of hydrogen-bond donors (Lipinski definition) is 3. The predicted molar refractivity (Wildman–Crippen MR) is 98.8 cm³/mol. The van der Waals surface area contributed by atoms with Crippen molar-refractivity contribution in [3.8, 4) is 5.75 Å². The number of carbonyl (C=O) groups is 1. The Kier molecular flexibility index (Phi) is 6.54. The van der Waals surface area contributed by atoms with Crippen molar-refractivity contribution >= 4 is 17.8 Å². The molecule has 0 aliphatic rings. The maximum absolute atomic E-state index is 11.9. The molecular formula is C19H23N3O3. The molecule has 0 fully saturated rings. The lowest BCUT2D eigenvalue weighted by Crippen LogP contribution is -2.25. The lowest BCUT2D eigenvalue weighted by Gasteiger charge is -2.21. The highest BCUT2D eigenvalue weighted by molar-refractivity contribution is 5.87. The Labute approximate surface area is 147 Å². The molecule has 0 unspecified atom stereocenters. The van der Waals surface area contributed by atoms with Gasteiger partial charge in [0, 0.05) is 30.4 Å². The normalized spacial score (nSPS) is 12.1. The SMILES string of the molecule is CCN(CC)c1ccc(/C=N\NC(=O)[C@H](O)c2ccccc2)c(O)c1. The Bertz CT molecular complexity index is 728. The molecule has 1 atom stereocenters. The van der Waals surface area contributed by atoms with Crippen LogP contribution in [0, 0.1) is 0 Å². The first kappa shape index (κ1) is 18.5. The first-order valence-corrected chi connectivity index (χ1v) is 8.20. The minimum atomic E-state index is -1.29. The molecule has 0 aliphatic heterocycles. The molecule has 6 nitrogen and oxygen atoms in total. The predicted octanol–water partition coefficient (Wildman–Crippen LogP) is 2.42. The Morgan fingerprint density at radius 2 is 1.88 bits per heavy atom. The Balaban J connectivity index is 2.01. The number of amides is 1. The van der Waals surface area contributed by atoms with Gasteiger partial charge in [-0.2, -0.15) is 5.10 Å². The van der Waals surface area contributed by atoms with E-state index in [1.165, 1.54) is 6.21 Å². The zero-order chi connectivity index (χ0) is 18.2. The van der Waals surface area contributed by atoms with E-state index in [9.17, 15) is 15.0 Å². The van der Waals surface area contributed by atoms with Gasteiger partial charge in [0.05, 0.1) is 6.21 Å². The first-order valence-electron chi connectivity index (χ1n) is 8.20. The zero-order valence-electron chi connectivity index (χ0n) is 14.4. The van der Waals surface area contributed by atoms with Crippen LogP contribution < -0.4 is 10.3 Å². The Morgan fingerprint density at radius 3 is 2.48 bits per heavy atom. The second-order valence-electron chi connectivity index (χ2n) is 5.46. The van der Waals surface area contributed by atoms with Crippen molar-refractivity contribution in [3.63, 3.8) is 0 Å². The molecule has 1 amide bonds. The summed E-state index contributed by atoms with van der Waals surface area (Å²) in [5, 5.41) is 23.9. The second kappa shape index (κ2) is 8.84. The summed E-state index contributed by atoms with van der Waals surface area (Å²) < 4.78 is 0. The molecule has 6 heteroatoms. The maximum Gasteiger partial charge on any atom is 0.273 e. The highest BCUT2D eigenvalue weighted by Crippen LogP contribution is 2.23. The molecule has 2 rings (SSSR count). The number of phenols is 1. The second-order valence-corrected chi connectivity index (χ2v) is 5.46. The van der Waals surface area contributed by atoms with Crippen molar-refractivity contribution in [1.29, 1.82) is 0 Å². The van der Waals surface area contributed by atoms with E-state index in [1.54, 1.807) is 42.5 Å². The molecule has 0 spiro atoms. The summed E-state index contributed by atoms with van der Waals surface area (Å²) in [4.78, 5) is 14.0. The standard InChI is InChI=1S/C19H23N3O3/c1-3-22(4-2)16-11-10-15(17(23)12-16)13-20-21-19(25)18(24)14-8-6-5-7-9-14/h5-13,18,23-24H,3-4H2,1-2H3,(H,21,25)/b20-13-/t18-/m1/s1. The average Bonchev–Trinajstić information content (AvgIpc) is 2.64. The zero-order valence-corrected chi connectivity index (χ0v) is 14.4. The number of hydrogen-bond acceptors (Lipinski definition) is 5. The van der Waals surface area contributed by atoms with E-state index in [-0.39, 0.29) is 5.75 Å². The van der Waals surface area contributed by atoms with Crippen LogP contribution in [0.25, 0.3) is 0 Å². The number of aromatic hydroxyl groups is 1. The molecule has 0 aliphatic carbocycles. The van der Waals surface area contributed by atoms with Gasteiger partial charge in [0.15, 0.2) is 6.10 Å². The van der Waals surface area contributed by atoms with Gasteiger partial charge in [0.25, 0.3) is 5.91 Å². The summed E-state index contributed by atoms with van der Waals surface area (Å²) in [6.07, 6.45) is 0.0498. The molecule has 0 aromatic heterocycles. The summed E-state index contributed by atoms with van der Waals surface area (Å²) in [5.41, 5.74) is 4.16. The van der Waals surface area contributed by atoms with E-state index < -0.39 is 12.0 Å². The van der Waals surface area contributed by atoms with Crippen LogP contribution in [0.1, 0.15) is 31.1 Å². The van der Waals surface area contributed by atoms with E-state index in [0.29, 0.717) is 11.1 Å². The van der Waals surface area contributed by atoms with Crippen LogP contribution in [-0.2, 0) is 4.79 Å². The quantitative estimate of drug-likeness (QED) is 0.533. The summed E-state index contributed by atoms with van der Waals surface area (Å²) in [5.74, 6) is -0.562. The molecular weight excluding hydrogens is 318 g/mol. The monoisotopic (exact) mass is 341 g/mol. The number of aliphatic hydroxyl groups is 1. The third kappa shape index (κ3) is 4.81. The van der Waals surface area contributed by atoms with Crippen molar-refractivity contribution < 1.29 is 15.0 Å². The van der Waals surface area contributed by atoms with Gasteiger partial charge in [-0.1, -0.05) is 30.3 Å². The fourth-order valence-electron chi connectivity index (χ4n) is 2.44. The Morgan fingerprint density at radius 1 is 1.20 bits per heavy atom. The largest absolute Gasteiger partial charge is 0.507 e. The number of aliphatic hydroxyl groups excluding tert-OH is 1. The molecule has 2 aromatic rings. The van der Waals surface area contributed by atoms with Gasteiger partial charge in [-0.25, -0.2) is 5.43 Å². The van der Waals surface area contributed by atoms with Crippen LogP contribution in [0.2, 0.25) is 0 Å². The molecule has 2 aromatic carbocycles. The van der Waals surface area contributed by atoms with Crippen molar-refractivity contribution in [1.82, 2.24) is 5.43 Å². The van der Waals surface area contributed by atoms with Gasteiger partial charge in [-0.3, -0.25) is 4.79 Å². The average molecular weight is 341 g/mol. The Hall–Kier alpha value is -2.86. The van der Waals surface area contributed by atoms with E-state index in [4.69, 9.17) is 0 Å². The maximum atomic E-state index is 11.9. The fraction of sp³-hybridized carbons (Fsp3) is 0.263. The van der Waals surface area contributed by atoms with Gasteiger partial charge in [-0.05, 0) is 31.5 Å². The number of benzene rings is 2. The lowest BCUT2D eigenvalue weighted by atomic mass is 10.1. The number of anilines is 1. The minimum Gasteiger partial charge on any atom is -0.507 e. The summed E-state index contributed by atoms with van der Waals surface area (Å²) in [6.45, 7) is 5.78. The van der Waals surface area contributed by atoms with Crippen LogP contribution in [0.4, 0.5) is 5.69 Å². The van der Waals surface area contributed by atoms with Crippen molar-refractivity contribution in [2.45, 2.75) is 20.0 Å². The van der Waals surface area contributed by atoms with Crippen LogP contribution in [0.5, 0.6) is 5.75 Å². The van der Waals surface area contributed by atoms with Crippen molar-refractivity contribution in [3.05, 3.63) is 59.7 Å². The van der Waals surface area contributed by atoms with Crippen LogP contribution in [0.3, 0.4) is 0 Å². The summed E-state index contributed by atoms with van der Waals surface area (Å²) in [7, 11) is 0. The molecule has 3 N–H and O–H groups in total. The molecule has 0 heterocycles. The number of rotatable bonds is 7.